The van der Waals surface area contributed by atoms with Crippen molar-refractivity contribution in [3.63, 3.8) is 0 Å². The number of benzene rings is 1. The Bertz CT molecular complexity index is 333. The molecule has 1 heterocycles. The second kappa shape index (κ2) is 3.62. The van der Waals surface area contributed by atoms with E-state index < -0.39 is 0 Å². The maximum Gasteiger partial charge on any atom is 0.0414 e. The fourth-order valence-electron chi connectivity index (χ4n) is 2.27. The Balaban J connectivity index is 2.54. The van der Waals surface area contributed by atoms with Gasteiger partial charge in [-0.3, -0.25) is 0 Å². The molecule has 2 nitrogen and oxygen atoms in total. The molecule has 0 spiro atoms. The summed E-state index contributed by atoms with van der Waals surface area (Å²) >= 11 is 0. The van der Waals surface area contributed by atoms with Crippen molar-refractivity contribution in [1.29, 1.82) is 0 Å². The molecule has 0 fully saturated rings. The summed E-state index contributed by atoms with van der Waals surface area (Å²) in [6, 6.07) is 6.73. The topological polar surface area (TPSA) is 29.3 Å². The fraction of sp³-hybridized carbons (Fsp3) is 0.500. The van der Waals surface area contributed by atoms with Gasteiger partial charge in [0.1, 0.15) is 0 Å². The van der Waals surface area contributed by atoms with Crippen LogP contribution in [0.25, 0.3) is 0 Å². The predicted molar refractivity (Wildman–Crippen MR) is 60.6 cm³/mol. The lowest BCUT2D eigenvalue weighted by atomic mass is 9.91. The van der Waals surface area contributed by atoms with Crippen molar-refractivity contribution in [3.8, 4) is 0 Å². The lowest BCUT2D eigenvalue weighted by molar-refractivity contribution is 0.608. The van der Waals surface area contributed by atoms with Gasteiger partial charge in [0.25, 0.3) is 0 Å². The normalized spacial score (nSPS) is 20.8. The molecule has 76 valence electrons. The van der Waals surface area contributed by atoms with Crippen LogP contribution in [0.1, 0.15) is 30.5 Å². The average Bonchev–Trinajstić information content (AvgIpc) is 2.23. The molecule has 0 saturated heterocycles. The molecule has 1 aromatic rings. The highest BCUT2D eigenvalue weighted by Crippen LogP contribution is 2.34. The Labute approximate surface area is 85.7 Å². The summed E-state index contributed by atoms with van der Waals surface area (Å²) in [7, 11) is 2.14. The number of nitrogens with zero attached hydrogens (tertiary/aromatic N) is 1. The van der Waals surface area contributed by atoms with Crippen molar-refractivity contribution in [2.45, 2.75) is 25.8 Å². The van der Waals surface area contributed by atoms with Crippen LogP contribution in [0.2, 0.25) is 0 Å². The van der Waals surface area contributed by atoms with E-state index in [1.165, 1.54) is 16.8 Å². The maximum absolute atomic E-state index is 6.16. The van der Waals surface area contributed by atoms with Crippen molar-refractivity contribution in [3.05, 3.63) is 29.3 Å². The number of anilines is 1. The minimum absolute atomic E-state index is 0.234. The van der Waals surface area contributed by atoms with E-state index in [2.05, 4.69) is 37.1 Å². The fourth-order valence-corrected chi connectivity index (χ4v) is 2.27. The molecule has 2 heteroatoms. The average molecular weight is 190 g/mol. The van der Waals surface area contributed by atoms with Crippen LogP contribution >= 0.6 is 0 Å². The highest BCUT2D eigenvalue weighted by atomic mass is 15.1. The van der Waals surface area contributed by atoms with E-state index in [1.807, 2.05) is 0 Å². The second-order valence-electron chi connectivity index (χ2n) is 4.02. The van der Waals surface area contributed by atoms with Crippen molar-refractivity contribution < 1.29 is 0 Å². The zero-order valence-corrected chi connectivity index (χ0v) is 8.96. The molecule has 14 heavy (non-hydrogen) atoms. The van der Waals surface area contributed by atoms with E-state index in [0.717, 1.165) is 19.4 Å². The summed E-state index contributed by atoms with van der Waals surface area (Å²) < 4.78 is 0. The number of hydrogen-bond acceptors (Lipinski definition) is 2. The second-order valence-corrected chi connectivity index (χ2v) is 4.02. The Kier molecular flexibility index (Phi) is 2.46. The van der Waals surface area contributed by atoms with Crippen molar-refractivity contribution in [2.75, 3.05) is 18.5 Å². The van der Waals surface area contributed by atoms with Crippen LogP contribution in [-0.2, 0) is 6.42 Å². The first-order valence-electron chi connectivity index (χ1n) is 5.32. The minimum Gasteiger partial charge on any atom is -0.374 e. The molecule has 0 saturated carbocycles. The van der Waals surface area contributed by atoms with Crippen LogP contribution in [0.3, 0.4) is 0 Å². The molecule has 1 atom stereocenters. The first kappa shape index (κ1) is 9.53. The van der Waals surface area contributed by atoms with Crippen LogP contribution in [0.15, 0.2) is 18.2 Å². The smallest absolute Gasteiger partial charge is 0.0414 e. The summed E-state index contributed by atoms with van der Waals surface area (Å²) in [5, 5.41) is 0. The molecule has 1 aliphatic heterocycles. The number of rotatable bonds is 1. The van der Waals surface area contributed by atoms with Crippen molar-refractivity contribution >= 4 is 5.69 Å². The van der Waals surface area contributed by atoms with E-state index in [0.29, 0.717) is 0 Å². The van der Waals surface area contributed by atoms with Gasteiger partial charge in [-0.15, -0.1) is 0 Å². The molecule has 2 N–H and O–H groups in total. The zero-order valence-electron chi connectivity index (χ0n) is 8.96. The molecule has 0 aromatic heterocycles. The number of fused-ring (bicyclic) bond motifs is 1. The van der Waals surface area contributed by atoms with Crippen LogP contribution < -0.4 is 10.6 Å². The molecule has 2 rings (SSSR count). The quantitative estimate of drug-likeness (QED) is 0.734. The third kappa shape index (κ3) is 1.40. The summed E-state index contributed by atoms with van der Waals surface area (Å²) in [5.41, 5.74) is 10.2. The maximum atomic E-state index is 6.16. The summed E-state index contributed by atoms with van der Waals surface area (Å²) in [4.78, 5) is 2.30. The van der Waals surface area contributed by atoms with Gasteiger partial charge in [0.15, 0.2) is 0 Å². The van der Waals surface area contributed by atoms with Crippen LogP contribution in [0.4, 0.5) is 5.69 Å². The third-order valence-electron chi connectivity index (χ3n) is 3.11. The lowest BCUT2D eigenvalue weighted by Crippen LogP contribution is -2.31. The van der Waals surface area contributed by atoms with E-state index in [4.69, 9.17) is 5.73 Å². The zero-order chi connectivity index (χ0) is 10.1. The standard InChI is InChI=1S/C12H18N2/c1-3-9-5-4-6-11-12(9)10(13)7-8-14(11)2/h4-6,10H,3,7-8,13H2,1-2H3. The Hall–Kier alpha value is -1.02. The largest absolute Gasteiger partial charge is 0.374 e. The monoisotopic (exact) mass is 190 g/mol. The van der Waals surface area contributed by atoms with Gasteiger partial charge in [-0.1, -0.05) is 19.1 Å². The van der Waals surface area contributed by atoms with Crippen LogP contribution in [-0.4, -0.2) is 13.6 Å². The van der Waals surface area contributed by atoms with Gasteiger partial charge in [-0.2, -0.15) is 0 Å². The van der Waals surface area contributed by atoms with E-state index in [-0.39, 0.29) is 6.04 Å². The molecular formula is C12H18N2. The van der Waals surface area contributed by atoms with Gasteiger partial charge >= 0.3 is 0 Å². The molecule has 0 aliphatic carbocycles. The number of aryl methyl sites for hydroxylation is 1. The van der Waals surface area contributed by atoms with E-state index in [1.54, 1.807) is 0 Å². The molecule has 0 amide bonds. The van der Waals surface area contributed by atoms with Crippen molar-refractivity contribution in [2.24, 2.45) is 5.73 Å². The first-order valence-corrected chi connectivity index (χ1v) is 5.32. The molecule has 1 aliphatic rings. The van der Waals surface area contributed by atoms with Crippen LogP contribution in [0.5, 0.6) is 0 Å². The molecular weight excluding hydrogens is 172 g/mol. The number of nitrogens with two attached hydrogens (primary N) is 1. The first-order chi connectivity index (χ1) is 6.74. The SMILES string of the molecule is CCc1cccc2c1C(N)CCN2C. The van der Waals surface area contributed by atoms with Crippen LogP contribution in [0, 0.1) is 0 Å². The third-order valence-corrected chi connectivity index (χ3v) is 3.11. The predicted octanol–water partition coefficient (Wildman–Crippen LogP) is 2.09. The molecule has 0 bridgehead atoms. The Morgan fingerprint density at radius 3 is 3.00 bits per heavy atom. The van der Waals surface area contributed by atoms with Gasteiger partial charge in [0, 0.05) is 25.3 Å². The van der Waals surface area contributed by atoms with E-state index in [9.17, 15) is 0 Å². The Morgan fingerprint density at radius 1 is 1.50 bits per heavy atom. The van der Waals surface area contributed by atoms with Gasteiger partial charge in [-0.25, -0.2) is 0 Å². The molecule has 1 unspecified atom stereocenters. The van der Waals surface area contributed by atoms with Gasteiger partial charge in [0.05, 0.1) is 0 Å². The summed E-state index contributed by atoms with van der Waals surface area (Å²) in [6.45, 7) is 3.26. The van der Waals surface area contributed by atoms with Gasteiger partial charge < -0.3 is 10.6 Å². The highest BCUT2D eigenvalue weighted by Gasteiger charge is 2.21. The highest BCUT2D eigenvalue weighted by molar-refractivity contribution is 5.59. The lowest BCUT2D eigenvalue weighted by Gasteiger charge is -2.32. The van der Waals surface area contributed by atoms with Crippen molar-refractivity contribution in [1.82, 2.24) is 0 Å². The molecule has 0 radical (unpaired) electrons. The summed E-state index contributed by atoms with van der Waals surface area (Å²) in [5.74, 6) is 0. The van der Waals surface area contributed by atoms with Gasteiger partial charge in [0.2, 0.25) is 0 Å². The Morgan fingerprint density at radius 2 is 2.29 bits per heavy atom. The van der Waals surface area contributed by atoms with E-state index >= 15 is 0 Å². The molecule has 1 aromatic carbocycles. The van der Waals surface area contributed by atoms with Gasteiger partial charge in [-0.05, 0) is 30.0 Å². The minimum atomic E-state index is 0.234. The number of hydrogen-bond donors (Lipinski definition) is 1. The summed E-state index contributed by atoms with van der Waals surface area (Å²) in [6.07, 6.45) is 2.14.